The van der Waals surface area contributed by atoms with Crippen LogP contribution in [0.2, 0.25) is 0 Å². The summed E-state index contributed by atoms with van der Waals surface area (Å²) < 4.78 is 0. The van der Waals surface area contributed by atoms with Gasteiger partial charge in [0, 0.05) is 16.5 Å². The summed E-state index contributed by atoms with van der Waals surface area (Å²) in [6, 6.07) is 9.77. The van der Waals surface area contributed by atoms with Gasteiger partial charge in [-0.1, -0.05) is 18.6 Å². The van der Waals surface area contributed by atoms with Gasteiger partial charge in [0.15, 0.2) is 0 Å². The van der Waals surface area contributed by atoms with E-state index in [2.05, 4.69) is 16.7 Å². The van der Waals surface area contributed by atoms with E-state index in [1.165, 1.54) is 29.7 Å². The number of hydrogen-bond donors (Lipinski definition) is 2. The summed E-state index contributed by atoms with van der Waals surface area (Å²) in [6.45, 7) is 1.99. The number of fused-ring (bicyclic) bond motifs is 1. The molecule has 1 aromatic heterocycles. The highest BCUT2D eigenvalue weighted by atomic mass is 32.1. The van der Waals surface area contributed by atoms with Crippen molar-refractivity contribution in [1.29, 1.82) is 0 Å². The van der Waals surface area contributed by atoms with E-state index in [1.54, 1.807) is 11.3 Å². The van der Waals surface area contributed by atoms with E-state index in [-0.39, 0.29) is 23.8 Å². The summed E-state index contributed by atoms with van der Waals surface area (Å²) in [7, 11) is 0. The minimum Gasteiger partial charge on any atom is -0.345 e. The molecule has 2 aliphatic rings. The van der Waals surface area contributed by atoms with Crippen LogP contribution in [0.5, 0.6) is 0 Å². The van der Waals surface area contributed by atoms with Gasteiger partial charge in [-0.2, -0.15) is 0 Å². The lowest BCUT2D eigenvalue weighted by molar-refractivity contribution is -0.117. The normalized spacial score (nSPS) is 17.5. The molecule has 4 nitrogen and oxygen atoms in total. The van der Waals surface area contributed by atoms with Gasteiger partial charge in [-0.05, 0) is 74.8 Å². The smallest absolute Gasteiger partial charge is 0.261 e. The zero-order valence-corrected chi connectivity index (χ0v) is 16.5. The first kappa shape index (κ1) is 18.2. The van der Waals surface area contributed by atoms with Crippen molar-refractivity contribution in [2.75, 3.05) is 5.32 Å². The number of carbonyl (C=O) groups is 2. The second-order valence-electron chi connectivity index (χ2n) is 7.70. The van der Waals surface area contributed by atoms with Crippen molar-refractivity contribution in [2.45, 2.75) is 57.9 Å². The molecule has 1 saturated carbocycles. The van der Waals surface area contributed by atoms with Crippen molar-refractivity contribution in [2.24, 2.45) is 5.92 Å². The molecule has 2 aliphatic carbocycles. The van der Waals surface area contributed by atoms with Crippen molar-refractivity contribution in [3.8, 4) is 0 Å². The second-order valence-corrected chi connectivity index (χ2v) is 8.84. The SMILES string of the molecule is CC(NC(=O)c1cc2c(s1)CCCCC2)c1ccc(NC(=O)C2CC2)cc1. The molecule has 0 bridgehead atoms. The van der Waals surface area contributed by atoms with E-state index in [0.717, 1.165) is 41.8 Å². The molecule has 1 unspecified atom stereocenters. The molecule has 0 spiro atoms. The van der Waals surface area contributed by atoms with Crippen molar-refractivity contribution in [1.82, 2.24) is 5.32 Å². The molecule has 27 heavy (non-hydrogen) atoms. The summed E-state index contributed by atoms with van der Waals surface area (Å²) in [6.07, 6.45) is 7.95. The fourth-order valence-corrected chi connectivity index (χ4v) is 4.73. The minimum absolute atomic E-state index is 0.00619. The molecule has 2 amide bonds. The third-order valence-electron chi connectivity index (χ3n) is 5.44. The Kier molecular flexibility index (Phi) is 5.30. The van der Waals surface area contributed by atoms with Gasteiger partial charge in [-0.25, -0.2) is 0 Å². The highest BCUT2D eigenvalue weighted by Gasteiger charge is 2.29. The van der Waals surface area contributed by atoms with Gasteiger partial charge in [0.25, 0.3) is 5.91 Å². The van der Waals surface area contributed by atoms with Crippen molar-refractivity contribution in [3.63, 3.8) is 0 Å². The van der Waals surface area contributed by atoms with Crippen LogP contribution in [-0.2, 0) is 17.6 Å². The van der Waals surface area contributed by atoms with Crippen LogP contribution >= 0.6 is 11.3 Å². The average Bonchev–Trinajstić information content (AvgIpc) is 3.47. The molecule has 2 aromatic rings. The van der Waals surface area contributed by atoms with Gasteiger partial charge in [0.1, 0.15) is 0 Å². The summed E-state index contributed by atoms with van der Waals surface area (Å²) in [5, 5.41) is 6.05. The largest absolute Gasteiger partial charge is 0.345 e. The number of aryl methyl sites for hydroxylation is 2. The van der Waals surface area contributed by atoms with Gasteiger partial charge in [0.2, 0.25) is 5.91 Å². The highest BCUT2D eigenvalue weighted by Crippen LogP contribution is 2.31. The summed E-state index contributed by atoms with van der Waals surface area (Å²) in [4.78, 5) is 26.7. The minimum atomic E-state index is -0.0763. The van der Waals surface area contributed by atoms with Crippen LogP contribution in [0.3, 0.4) is 0 Å². The maximum absolute atomic E-state index is 12.7. The fourth-order valence-electron chi connectivity index (χ4n) is 3.58. The molecule has 0 saturated heterocycles. The van der Waals surface area contributed by atoms with E-state index in [9.17, 15) is 9.59 Å². The van der Waals surface area contributed by atoms with Crippen LogP contribution in [0, 0.1) is 5.92 Å². The Labute approximate surface area is 164 Å². The Morgan fingerprint density at radius 2 is 1.81 bits per heavy atom. The van der Waals surface area contributed by atoms with Gasteiger partial charge >= 0.3 is 0 Å². The molecule has 1 fully saturated rings. The number of nitrogens with one attached hydrogen (secondary N) is 2. The summed E-state index contributed by atoms with van der Waals surface area (Å²) >= 11 is 1.65. The van der Waals surface area contributed by atoms with Crippen LogP contribution in [0.15, 0.2) is 30.3 Å². The molecule has 1 atom stereocenters. The van der Waals surface area contributed by atoms with Crippen LogP contribution in [0.4, 0.5) is 5.69 Å². The number of benzene rings is 1. The molecule has 0 aliphatic heterocycles. The van der Waals surface area contributed by atoms with E-state index in [4.69, 9.17) is 0 Å². The third kappa shape index (κ3) is 4.41. The second kappa shape index (κ2) is 7.85. The van der Waals surface area contributed by atoms with E-state index in [1.807, 2.05) is 31.2 Å². The predicted octanol–water partition coefficient (Wildman–Crippen LogP) is 4.86. The Balaban J connectivity index is 1.37. The first-order valence-electron chi connectivity index (χ1n) is 9.93. The molecule has 1 heterocycles. The maximum atomic E-state index is 12.7. The van der Waals surface area contributed by atoms with Crippen LogP contribution in [0.1, 0.15) is 70.7 Å². The van der Waals surface area contributed by atoms with Crippen LogP contribution < -0.4 is 10.6 Å². The maximum Gasteiger partial charge on any atom is 0.261 e. The average molecular weight is 383 g/mol. The molecular formula is C22H26N2O2S. The Hall–Kier alpha value is -2.14. The lowest BCUT2D eigenvalue weighted by Gasteiger charge is -2.14. The number of thiophene rings is 1. The zero-order valence-electron chi connectivity index (χ0n) is 15.7. The number of rotatable bonds is 5. The van der Waals surface area contributed by atoms with Crippen molar-refractivity contribution in [3.05, 3.63) is 51.2 Å². The van der Waals surface area contributed by atoms with Gasteiger partial charge in [-0.15, -0.1) is 11.3 Å². The monoisotopic (exact) mass is 382 g/mol. The number of anilines is 1. The molecule has 0 radical (unpaired) electrons. The summed E-state index contributed by atoms with van der Waals surface area (Å²) in [5.41, 5.74) is 3.22. The Morgan fingerprint density at radius 3 is 2.56 bits per heavy atom. The first-order valence-corrected chi connectivity index (χ1v) is 10.7. The number of amides is 2. The number of carbonyl (C=O) groups excluding carboxylic acids is 2. The van der Waals surface area contributed by atoms with Gasteiger partial charge in [0.05, 0.1) is 10.9 Å². The van der Waals surface area contributed by atoms with E-state index >= 15 is 0 Å². The predicted molar refractivity (Wildman–Crippen MR) is 109 cm³/mol. The topological polar surface area (TPSA) is 58.2 Å². The molecular weight excluding hydrogens is 356 g/mol. The molecule has 142 valence electrons. The Bertz CT molecular complexity index is 813. The lowest BCUT2D eigenvalue weighted by atomic mass is 10.1. The van der Waals surface area contributed by atoms with Crippen molar-refractivity contribution >= 4 is 28.8 Å². The van der Waals surface area contributed by atoms with Crippen LogP contribution in [0.25, 0.3) is 0 Å². The summed E-state index contributed by atoms with van der Waals surface area (Å²) in [5.74, 6) is 0.317. The zero-order chi connectivity index (χ0) is 18.8. The Morgan fingerprint density at radius 1 is 1.07 bits per heavy atom. The third-order valence-corrected chi connectivity index (χ3v) is 6.68. The lowest BCUT2D eigenvalue weighted by Crippen LogP contribution is -2.25. The van der Waals surface area contributed by atoms with E-state index < -0.39 is 0 Å². The standard InChI is InChI=1S/C22H26N2O2S/c1-14(15-9-11-18(12-10-15)24-21(25)16-7-8-16)23-22(26)20-13-17-5-3-2-4-6-19(17)27-20/h9-14,16H,2-8H2,1H3,(H,23,26)(H,24,25). The first-order chi connectivity index (χ1) is 13.1. The van der Waals surface area contributed by atoms with Crippen LogP contribution in [-0.4, -0.2) is 11.8 Å². The van der Waals surface area contributed by atoms with Gasteiger partial charge < -0.3 is 10.6 Å². The van der Waals surface area contributed by atoms with Crippen molar-refractivity contribution < 1.29 is 9.59 Å². The quantitative estimate of drug-likeness (QED) is 0.726. The number of hydrogen-bond acceptors (Lipinski definition) is 3. The fraction of sp³-hybridized carbons (Fsp3) is 0.455. The van der Waals surface area contributed by atoms with E-state index in [0.29, 0.717) is 0 Å². The molecule has 2 N–H and O–H groups in total. The molecule has 1 aromatic carbocycles. The van der Waals surface area contributed by atoms with Gasteiger partial charge in [-0.3, -0.25) is 9.59 Å². The highest BCUT2D eigenvalue weighted by molar-refractivity contribution is 7.14. The molecule has 4 rings (SSSR count). The molecule has 5 heteroatoms.